The first kappa shape index (κ1) is 11.4. The van der Waals surface area contributed by atoms with Crippen molar-refractivity contribution in [2.75, 3.05) is 0 Å². The molecular formula is C16H22. The number of allylic oxidation sites excluding steroid dienone is 7. The van der Waals surface area contributed by atoms with Gasteiger partial charge in [0.15, 0.2) is 0 Å². The lowest BCUT2D eigenvalue weighted by Crippen LogP contribution is -2.12. The highest BCUT2D eigenvalue weighted by Crippen LogP contribution is 2.52. The molecule has 3 rings (SSSR count). The van der Waals surface area contributed by atoms with Gasteiger partial charge in [0.25, 0.3) is 0 Å². The first-order valence-electron chi connectivity index (χ1n) is 6.44. The van der Waals surface area contributed by atoms with E-state index in [2.05, 4.69) is 37.0 Å². The van der Waals surface area contributed by atoms with E-state index in [4.69, 9.17) is 0 Å². The molecular weight excluding hydrogens is 192 g/mol. The van der Waals surface area contributed by atoms with Crippen molar-refractivity contribution in [3.05, 3.63) is 49.1 Å². The molecule has 0 nitrogen and oxygen atoms in total. The second kappa shape index (κ2) is 5.34. The van der Waals surface area contributed by atoms with E-state index >= 15 is 0 Å². The summed E-state index contributed by atoms with van der Waals surface area (Å²) in [5.41, 5.74) is 0. The van der Waals surface area contributed by atoms with Crippen LogP contribution in [0.15, 0.2) is 49.1 Å². The van der Waals surface area contributed by atoms with Crippen LogP contribution < -0.4 is 0 Å². The van der Waals surface area contributed by atoms with Gasteiger partial charge in [-0.25, -0.2) is 0 Å². The molecule has 0 aromatic heterocycles. The van der Waals surface area contributed by atoms with Crippen LogP contribution in [0.5, 0.6) is 0 Å². The summed E-state index contributed by atoms with van der Waals surface area (Å²) < 4.78 is 0. The molecule has 16 heavy (non-hydrogen) atoms. The summed E-state index contributed by atoms with van der Waals surface area (Å²) >= 11 is 0. The van der Waals surface area contributed by atoms with Crippen molar-refractivity contribution in [3.8, 4) is 0 Å². The normalized spacial score (nSPS) is 37.6. The van der Waals surface area contributed by atoms with Gasteiger partial charge >= 0.3 is 0 Å². The Morgan fingerprint density at radius 2 is 2.06 bits per heavy atom. The highest BCUT2D eigenvalue weighted by atomic mass is 14.5. The maximum absolute atomic E-state index is 3.55. The number of fused-ring (bicyclic) bond motifs is 5. The van der Waals surface area contributed by atoms with E-state index in [1.807, 2.05) is 19.1 Å². The van der Waals surface area contributed by atoms with Crippen LogP contribution in [0.4, 0.5) is 0 Å². The van der Waals surface area contributed by atoms with Crippen LogP contribution in [-0.4, -0.2) is 0 Å². The monoisotopic (exact) mass is 214 g/mol. The molecule has 2 bridgehead atoms. The molecule has 0 heteroatoms. The van der Waals surface area contributed by atoms with Gasteiger partial charge in [0.1, 0.15) is 0 Å². The minimum Gasteiger partial charge on any atom is -0.103 e. The smallest absolute Gasteiger partial charge is 0.0133 e. The van der Waals surface area contributed by atoms with E-state index in [1.54, 1.807) is 0 Å². The lowest BCUT2D eigenvalue weighted by molar-refractivity contribution is 0.398. The minimum absolute atomic E-state index is 0.925. The molecule has 1 saturated carbocycles. The molecule has 0 aliphatic heterocycles. The van der Waals surface area contributed by atoms with Gasteiger partial charge in [0.2, 0.25) is 0 Å². The largest absolute Gasteiger partial charge is 0.103 e. The molecule has 0 amide bonds. The molecule has 0 saturated heterocycles. The number of rotatable bonds is 2. The van der Waals surface area contributed by atoms with Gasteiger partial charge in [0.05, 0.1) is 0 Å². The maximum atomic E-state index is 3.55. The molecule has 4 atom stereocenters. The Bertz CT molecular complexity index is 319. The summed E-state index contributed by atoms with van der Waals surface area (Å²) in [5.74, 6) is 3.82. The van der Waals surface area contributed by atoms with Crippen molar-refractivity contribution < 1.29 is 0 Å². The minimum atomic E-state index is 0.925. The summed E-state index contributed by atoms with van der Waals surface area (Å²) in [6.45, 7) is 5.55. The van der Waals surface area contributed by atoms with Crippen LogP contribution >= 0.6 is 0 Å². The molecule has 0 aromatic carbocycles. The fraction of sp³-hybridized carbons (Fsp3) is 0.500. The standard InChI is InChI=1S/C10H12.C6H10/c1-2-9-7-4-5-8(6-7)10(9)3-1;1-3-5-6-4-2/h1-2,4-5,7-10H,3,6H2;3-4,6H,1,5H2,2H3. The molecule has 1 fully saturated rings. The van der Waals surface area contributed by atoms with E-state index < -0.39 is 0 Å². The van der Waals surface area contributed by atoms with Crippen LogP contribution in [0.2, 0.25) is 0 Å². The van der Waals surface area contributed by atoms with Crippen molar-refractivity contribution in [2.24, 2.45) is 23.7 Å². The van der Waals surface area contributed by atoms with E-state index in [0.29, 0.717) is 0 Å². The SMILES string of the molecule is C1=CC2C3C=CC(C3)C2C1.C=CCC=CC. The fourth-order valence-corrected chi connectivity index (χ4v) is 3.21. The van der Waals surface area contributed by atoms with Gasteiger partial charge in [-0.1, -0.05) is 42.5 Å². The van der Waals surface area contributed by atoms with Crippen LogP contribution in [0.3, 0.4) is 0 Å². The summed E-state index contributed by atoms with van der Waals surface area (Å²) in [4.78, 5) is 0. The lowest BCUT2D eigenvalue weighted by atomic mass is 9.86. The zero-order valence-electron chi connectivity index (χ0n) is 10.2. The van der Waals surface area contributed by atoms with Gasteiger partial charge in [0, 0.05) is 0 Å². The van der Waals surface area contributed by atoms with Crippen molar-refractivity contribution in [2.45, 2.75) is 26.2 Å². The van der Waals surface area contributed by atoms with E-state index in [-0.39, 0.29) is 0 Å². The van der Waals surface area contributed by atoms with Crippen molar-refractivity contribution in [1.29, 1.82) is 0 Å². The van der Waals surface area contributed by atoms with Gasteiger partial charge in [-0.05, 0) is 49.9 Å². The summed E-state index contributed by atoms with van der Waals surface area (Å²) in [6, 6.07) is 0. The highest BCUT2D eigenvalue weighted by molar-refractivity contribution is 5.21. The van der Waals surface area contributed by atoms with Gasteiger partial charge < -0.3 is 0 Å². The van der Waals surface area contributed by atoms with E-state index in [9.17, 15) is 0 Å². The Labute approximate surface area is 99.4 Å². The zero-order valence-corrected chi connectivity index (χ0v) is 10.2. The predicted molar refractivity (Wildman–Crippen MR) is 71.1 cm³/mol. The Morgan fingerprint density at radius 3 is 2.69 bits per heavy atom. The van der Waals surface area contributed by atoms with Crippen LogP contribution in [0.25, 0.3) is 0 Å². The third-order valence-electron chi connectivity index (χ3n) is 3.99. The van der Waals surface area contributed by atoms with Crippen LogP contribution in [0, 0.1) is 23.7 Å². The van der Waals surface area contributed by atoms with Crippen LogP contribution in [0.1, 0.15) is 26.2 Å². The Hall–Kier alpha value is -1.04. The Balaban J connectivity index is 0.000000142. The highest BCUT2D eigenvalue weighted by Gasteiger charge is 2.44. The molecule has 0 spiro atoms. The first-order valence-corrected chi connectivity index (χ1v) is 6.44. The molecule has 3 aliphatic carbocycles. The second-order valence-electron chi connectivity index (χ2n) is 4.95. The molecule has 0 aromatic rings. The van der Waals surface area contributed by atoms with Crippen molar-refractivity contribution >= 4 is 0 Å². The third-order valence-corrected chi connectivity index (χ3v) is 3.99. The molecule has 4 unspecified atom stereocenters. The molecule has 0 N–H and O–H groups in total. The average Bonchev–Trinajstić information content (AvgIpc) is 2.98. The Kier molecular flexibility index (Phi) is 3.82. The second-order valence-corrected chi connectivity index (χ2v) is 4.95. The molecule has 0 radical (unpaired) electrons. The van der Waals surface area contributed by atoms with Gasteiger partial charge in [-0.2, -0.15) is 0 Å². The summed E-state index contributed by atoms with van der Waals surface area (Å²) in [5, 5.41) is 0. The van der Waals surface area contributed by atoms with Gasteiger partial charge in [-0.15, -0.1) is 6.58 Å². The molecule has 0 heterocycles. The zero-order chi connectivity index (χ0) is 11.4. The first-order chi connectivity index (χ1) is 7.86. The lowest BCUT2D eigenvalue weighted by Gasteiger charge is -2.18. The number of hydrogen-bond donors (Lipinski definition) is 0. The quantitative estimate of drug-likeness (QED) is 0.593. The van der Waals surface area contributed by atoms with Gasteiger partial charge in [-0.3, -0.25) is 0 Å². The Morgan fingerprint density at radius 1 is 1.25 bits per heavy atom. The summed E-state index contributed by atoms with van der Waals surface area (Å²) in [7, 11) is 0. The van der Waals surface area contributed by atoms with Crippen molar-refractivity contribution in [3.63, 3.8) is 0 Å². The van der Waals surface area contributed by atoms with E-state index in [1.165, 1.54) is 12.8 Å². The third kappa shape index (κ3) is 2.21. The fourth-order valence-electron chi connectivity index (χ4n) is 3.21. The predicted octanol–water partition coefficient (Wildman–Crippen LogP) is 4.52. The average molecular weight is 214 g/mol. The van der Waals surface area contributed by atoms with Crippen LogP contribution in [-0.2, 0) is 0 Å². The molecule has 86 valence electrons. The van der Waals surface area contributed by atoms with E-state index in [0.717, 1.165) is 30.1 Å². The van der Waals surface area contributed by atoms with Crippen molar-refractivity contribution in [1.82, 2.24) is 0 Å². The molecule has 3 aliphatic rings. The summed E-state index contributed by atoms with van der Waals surface area (Å²) in [6.07, 6.45) is 19.5. The number of hydrogen-bond acceptors (Lipinski definition) is 0. The maximum Gasteiger partial charge on any atom is -0.0133 e. The topological polar surface area (TPSA) is 0 Å².